The maximum absolute atomic E-state index is 4.18. The number of nitrogens with one attached hydrogen (secondary N) is 2. The minimum Gasteiger partial charge on any atom is -0.362 e. The molecule has 0 radical (unpaired) electrons. The summed E-state index contributed by atoms with van der Waals surface area (Å²) in [5.74, 6) is 1.47. The number of aromatic amines is 1. The number of pyridine rings is 1. The zero-order valence-corrected chi connectivity index (χ0v) is 7.73. The molecule has 0 unspecified atom stereocenters. The summed E-state index contributed by atoms with van der Waals surface area (Å²) >= 11 is 0. The van der Waals surface area contributed by atoms with E-state index in [0.717, 1.165) is 11.4 Å². The third kappa shape index (κ3) is 1.85. The Hall–Kier alpha value is -1.98. The van der Waals surface area contributed by atoms with Crippen molar-refractivity contribution >= 4 is 5.82 Å². The van der Waals surface area contributed by atoms with Crippen LogP contribution < -0.4 is 5.32 Å². The van der Waals surface area contributed by atoms with Crippen molar-refractivity contribution < 1.29 is 0 Å². The Morgan fingerprint density at radius 2 is 2.43 bits per heavy atom. The van der Waals surface area contributed by atoms with Gasteiger partial charge in [0.15, 0.2) is 5.82 Å². The van der Waals surface area contributed by atoms with Crippen molar-refractivity contribution in [1.82, 2.24) is 25.6 Å². The number of aryl methyl sites for hydroxylation is 1. The van der Waals surface area contributed by atoms with Crippen molar-refractivity contribution in [3.05, 3.63) is 29.7 Å². The van der Waals surface area contributed by atoms with Gasteiger partial charge >= 0.3 is 0 Å². The second kappa shape index (κ2) is 3.82. The quantitative estimate of drug-likeness (QED) is 0.737. The van der Waals surface area contributed by atoms with Gasteiger partial charge in [0.05, 0.1) is 6.54 Å². The molecule has 0 spiro atoms. The number of tetrazole rings is 1. The molecule has 6 nitrogen and oxygen atoms in total. The molecule has 0 amide bonds. The molecule has 0 atom stereocenters. The summed E-state index contributed by atoms with van der Waals surface area (Å²) in [6, 6.07) is 3.89. The van der Waals surface area contributed by atoms with E-state index in [1.54, 1.807) is 6.20 Å². The van der Waals surface area contributed by atoms with Crippen LogP contribution >= 0.6 is 0 Å². The van der Waals surface area contributed by atoms with E-state index in [4.69, 9.17) is 0 Å². The molecular formula is C8H10N6. The predicted molar refractivity (Wildman–Crippen MR) is 50.5 cm³/mol. The highest BCUT2D eigenvalue weighted by atomic mass is 15.5. The van der Waals surface area contributed by atoms with Gasteiger partial charge in [-0.1, -0.05) is 11.3 Å². The van der Waals surface area contributed by atoms with Crippen molar-refractivity contribution in [1.29, 1.82) is 0 Å². The van der Waals surface area contributed by atoms with E-state index < -0.39 is 0 Å². The van der Waals surface area contributed by atoms with Crippen molar-refractivity contribution in [2.24, 2.45) is 0 Å². The number of hydrogen-bond acceptors (Lipinski definition) is 5. The maximum Gasteiger partial charge on any atom is 0.193 e. The Kier molecular flexibility index (Phi) is 2.35. The fourth-order valence-electron chi connectivity index (χ4n) is 1.09. The van der Waals surface area contributed by atoms with E-state index >= 15 is 0 Å². The van der Waals surface area contributed by atoms with Gasteiger partial charge in [-0.3, -0.25) is 0 Å². The highest BCUT2D eigenvalue weighted by molar-refractivity contribution is 5.42. The zero-order chi connectivity index (χ0) is 9.80. The zero-order valence-electron chi connectivity index (χ0n) is 7.73. The minimum absolute atomic E-state index is 0.522. The molecule has 0 aliphatic rings. The third-order valence-electron chi connectivity index (χ3n) is 1.81. The Balaban J connectivity index is 2.02. The number of aromatic nitrogens is 5. The smallest absolute Gasteiger partial charge is 0.193 e. The molecule has 2 aromatic rings. The molecule has 72 valence electrons. The topological polar surface area (TPSA) is 79.4 Å². The van der Waals surface area contributed by atoms with Gasteiger partial charge < -0.3 is 5.32 Å². The SMILES string of the molecule is Cc1cccnc1NCc1nn[nH]n1. The number of rotatable bonds is 3. The Labute approximate surface area is 80.8 Å². The molecular weight excluding hydrogens is 180 g/mol. The molecule has 14 heavy (non-hydrogen) atoms. The number of hydrogen-bond donors (Lipinski definition) is 2. The summed E-state index contributed by atoms with van der Waals surface area (Å²) in [5, 5.41) is 16.6. The van der Waals surface area contributed by atoms with Gasteiger partial charge in [0.2, 0.25) is 0 Å². The number of nitrogens with zero attached hydrogens (tertiary/aromatic N) is 4. The molecule has 2 aromatic heterocycles. The van der Waals surface area contributed by atoms with Crippen LogP contribution in [-0.4, -0.2) is 25.6 Å². The number of H-pyrrole nitrogens is 1. The maximum atomic E-state index is 4.18. The molecule has 2 N–H and O–H groups in total. The summed E-state index contributed by atoms with van der Waals surface area (Å²) in [7, 11) is 0. The minimum atomic E-state index is 0.522. The molecule has 2 heterocycles. The van der Waals surface area contributed by atoms with Crippen LogP contribution in [0.15, 0.2) is 18.3 Å². The van der Waals surface area contributed by atoms with Crippen LogP contribution in [0.25, 0.3) is 0 Å². The molecule has 0 aromatic carbocycles. The Morgan fingerprint density at radius 1 is 1.50 bits per heavy atom. The van der Waals surface area contributed by atoms with Crippen LogP contribution in [0, 0.1) is 6.92 Å². The van der Waals surface area contributed by atoms with Crippen molar-refractivity contribution in [3.8, 4) is 0 Å². The van der Waals surface area contributed by atoms with Gasteiger partial charge in [-0.2, -0.15) is 5.21 Å². The van der Waals surface area contributed by atoms with Gasteiger partial charge in [-0.05, 0) is 18.6 Å². The van der Waals surface area contributed by atoms with Crippen LogP contribution in [0.3, 0.4) is 0 Å². The third-order valence-corrected chi connectivity index (χ3v) is 1.81. The van der Waals surface area contributed by atoms with Crippen LogP contribution in [0.5, 0.6) is 0 Å². The van der Waals surface area contributed by atoms with Gasteiger partial charge in [-0.15, -0.1) is 10.2 Å². The lowest BCUT2D eigenvalue weighted by Gasteiger charge is -2.04. The molecule has 0 saturated heterocycles. The summed E-state index contributed by atoms with van der Waals surface area (Å²) in [6.45, 7) is 2.51. The first-order valence-electron chi connectivity index (χ1n) is 4.24. The van der Waals surface area contributed by atoms with E-state index in [2.05, 4.69) is 30.9 Å². The lowest BCUT2D eigenvalue weighted by Crippen LogP contribution is -2.04. The van der Waals surface area contributed by atoms with Crippen molar-refractivity contribution in [2.75, 3.05) is 5.32 Å². The van der Waals surface area contributed by atoms with E-state index in [1.165, 1.54) is 0 Å². The normalized spacial score (nSPS) is 10.1. The summed E-state index contributed by atoms with van der Waals surface area (Å²) in [4.78, 5) is 4.18. The molecule has 0 aliphatic heterocycles. The summed E-state index contributed by atoms with van der Waals surface area (Å²) < 4.78 is 0. The molecule has 0 bridgehead atoms. The first-order chi connectivity index (χ1) is 6.86. The Bertz CT molecular complexity index is 396. The van der Waals surface area contributed by atoms with E-state index in [0.29, 0.717) is 12.4 Å². The first kappa shape index (κ1) is 8.61. The van der Waals surface area contributed by atoms with Crippen LogP contribution in [0.2, 0.25) is 0 Å². The van der Waals surface area contributed by atoms with Crippen LogP contribution in [0.4, 0.5) is 5.82 Å². The predicted octanol–water partition coefficient (Wildman–Crippen LogP) is 0.515. The van der Waals surface area contributed by atoms with Crippen molar-refractivity contribution in [3.63, 3.8) is 0 Å². The molecule has 0 saturated carbocycles. The lowest BCUT2D eigenvalue weighted by molar-refractivity contribution is 0.881. The second-order valence-electron chi connectivity index (χ2n) is 2.85. The standard InChI is InChI=1S/C8H10N6/c1-6-3-2-4-9-8(6)10-5-7-11-13-14-12-7/h2-4H,5H2,1H3,(H,9,10)(H,11,12,13,14). The van der Waals surface area contributed by atoms with Crippen LogP contribution in [-0.2, 0) is 6.54 Å². The van der Waals surface area contributed by atoms with Gasteiger partial charge in [-0.25, -0.2) is 4.98 Å². The fourth-order valence-corrected chi connectivity index (χ4v) is 1.09. The largest absolute Gasteiger partial charge is 0.362 e. The van der Waals surface area contributed by atoms with E-state index in [-0.39, 0.29) is 0 Å². The van der Waals surface area contributed by atoms with E-state index in [1.807, 2.05) is 19.1 Å². The van der Waals surface area contributed by atoms with Gasteiger partial charge in [0, 0.05) is 6.20 Å². The average molecular weight is 190 g/mol. The molecule has 0 aliphatic carbocycles. The van der Waals surface area contributed by atoms with Gasteiger partial charge in [0.25, 0.3) is 0 Å². The highest BCUT2D eigenvalue weighted by Crippen LogP contribution is 2.09. The average Bonchev–Trinajstić information content (AvgIpc) is 2.69. The summed E-state index contributed by atoms with van der Waals surface area (Å²) in [5.41, 5.74) is 1.09. The fraction of sp³-hybridized carbons (Fsp3) is 0.250. The highest BCUT2D eigenvalue weighted by Gasteiger charge is 2.00. The molecule has 6 heteroatoms. The Morgan fingerprint density at radius 3 is 3.14 bits per heavy atom. The monoisotopic (exact) mass is 190 g/mol. The van der Waals surface area contributed by atoms with E-state index in [9.17, 15) is 0 Å². The number of anilines is 1. The summed E-state index contributed by atoms with van der Waals surface area (Å²) in [6.07, 6.45) is 1.74. The lowest BCUT2D eigenvalue weighted by atomic mass is 10.3. The first-order valence-corrected chi connectivity index (χ1v) is 4.24. The van der Waals surface area contributed by atoms with Crippen molar-refractivity contribution in [2.45, 2.75) is 13.5 Å². The second-order valence-corrected chi connectivity index (χ2v) is 2.85. The molecule has 2 rings (SSSR count). The van der Waals surface area contributed by atoms with Crippen LogP contribution in [0.1, 0.15) is 11.4 Å². The molecule has 0 fully saturated rings. The van der Waals surface area contributed by atoms with Gasteiger partial charge in [0.1, 0.15) is 5.82 Å².